The number of amides is 1. The highest BCUT2D eigenvalue weighted by molar-refractivity contribution is 7.88. The van der Waals surface area contributed by atoms with Crippen molar-refractivity contribution in [3.05, 3.63) is 0 Å². The van der Waals surface area contributed by atoms with Gasteiger partial charge in [0.15, 0.2) is 0 Å². The van der Waals surface area contributed by atoms with E-state index in [2.05, 4.69) is 12.2 Å². The lowest BCUT2D eigenvalue weighted by molar-refractivity contribution is -0.121. The molecule has 1 aliphatic rings. The summed E-state index contributed by atoms with van der Waals surface area (Å²) in [5, 5.41) is 2.88. The minimum absolute atomic E-state index is 0.0432. The molecule has 6 heteroatoms. The van der Waals surface area contributed by atoms with Crippen molar-refractivity contribution in [3.63, 3.8) is 0 Å². The Balaban J connectivity index is 2.46. The third-order valence-electron chi connectivity index (χ3n) is 4.32. The van der Waals surface area contributed by atoms with Gasteiger partial charge in [-0.25, -0.2) is 8.42 Å². The van der Waals surface area contributed by atoms with E-state index in [0.29, 0.717) is 13.1 Å². The van der Waals surface area contributed by atoms with Gasteiger partial charge in [-0.3, -0.25) is 4.79 Å². The number of rotatable bonds is 9. The van der Waals surface area contributed by atoms with Gasteiger partial charge in [0, 0.05) is 25.6 Å². The highest BCUT2D eigenvalue weighted by Crippen LogP contribution is 2.23. The minimum atomic E-state index is -3.25. The zero-order chi connectivity index (χ0) is 16.4. The summed E-state index contributed by atoms with van der Waals surface area (Å²) in [6.07, 6.45) is 11.1. The zero-order valence-electron chi connectivity index (χ0n) is 14.1. The number of nitrogens with one attached hydrogen (secondary N) is 1. The fourth-order valence-electron chi connectivity index (χ4n) is 3.07. The van der Waals surface area contributed by atoms with Crippen LogP contribution in [-0.4, -0.2) is 44.0 Å². The van der Waals surface area contributed by atoms with Gasteiger partial charge >= 0.3 is 0 Å². The maximum atomic E-state index is 12.0. The van der Waals surface area contributed by atoms with Gasteiger partial charge in [-0.05, 0) is 19.3 Å². The van der Waals surface area contributed by atoms with Gasteiger partial charge < -0.3 is 5.32 Å². The van der Waals surface area contributed by atoms with Gasteiger partial charge in [-0.1, -0.05) is 45.4 Å². The van der Waals surface area contributed by atoms with Crippen LogP contribution in [0.25, 0.3) is 0 Å². The first-order valence-corrected chi connectivity index (χ1v) is 10.5. The highest BCUT2D eigenvalue weighted by atomic mass is 32.2. The molecule has 1 rings (SSSR count). The molecule has 1 N–H and O–H groups in total. The van der Waals surface area contributed by atoms with Crippen LogP contribution in [0.3, 0.4) is 0 Å². The Labute approximate surface area is 135 Å². The summed E-state index contributed by atoms with van der Waals surface area (Å²) in [4.78, 5) is 11.9. The van der Waals surface area contributed by atoms with E-state index in [1.807, 2.05) is 0 Å². The van der Waals surface area contributed by atoms with Crippen molar-refractivity contribution < 1.29 is 13.2 Å². The van der Waals surface area contributed by atoms with Crippen molar-refractivity contribution in [2.45, 2.75) is 77.2 Å². The third kappa shape index (κ3) is 7.58. The number of hydrogen-bond acceptors (Lipinski definition) is 3. The molecule has 0 aromatic carbocycles. The molecule has 5 nitrogen and oxygen atoms in total. The molecular formula is C16H32N2O3S. The van der Waals surface area contributed by atoms with E-state index < -0.39 is 10.0 Å². The summed E-state index contributed by atoms with van der Waals surface area (Å²) in [5.41, 5.74) is 0. The average Bonchev–Trinajstić information content (AvgIpc) is 2.71. The third-order valence-corrected chi connectivity index (χ3v) is 5.65. The molecule has 1 saturated carbocycles. The molecule has 0 bridgehead atoms. The second-order valence-electron chi connectivity index (χ2n) is 6.33. The van der Waals surface area contributed by atoms with Gasteiger partial charge in [-0.15, -0.1) is 0 Å². The number of hydrogen-bond donors (Lipinski definition) is 1. The SMILES string of the molecule is CCCCCNC(=O)CCN(C1CCCCCC1)S(C)(=O)=O. The molecule has 0 radical (unpaired) electrons. The normalized spacial score (nSPS) is 17.4. The predicted molar refractivity (Wildman–Crippen MR) is 90.2 cm³/mol. The van der Waals surface area contributed by atoms with Gasteiger partial charge in [0.25, 0.3) is 0 Å². The van der Waals surface area contributed by atoms with Gasteiger partial charge in [-0.2, -0.15) is 4.31 Å². The lowest BCUT2D eigenvalue weighted by atomic mass is 10.1. The minimum Gasteiger partial charge on any atom is -0.356 e. The Kier molecular flexibility index (Phi) is 9.02. The molecule has 0 aromatic rings. The number of nitrogens with zero attached hydrogens (tertiary/aromatic N) is 1. The van der Waals surface area contributed by atoms with Gasteiger partial charge in [0.1, 0.15) is 0 Å². The molecule has 1 aliphatic carbocycles. The van der Waals surface area contributed by atoms with Crippen molar-refractivity contribution >= 4 is 15.9 Å². The maximum absolute atomic E-state index is 12.0. The first kappa shape index (κ1) is 19.4. The Hall–Kier alpha value is -0.620. The van der Waals surface area contributed by atoms with Crippen LogP contribution in [0, 0.1) is 0 Å². The van der Waals surface area contributed by atoms with Crippen molar-refractivity contribution in [3.8, 4) is 0 Å². The van der Waals surface area contributed by atoms with Crippen molar-refractivity contribution in [1.82, 2.24) is 9.62 Å². The Morgan fingerprint density at radius 1 is 1.14 bits per heavy atom. The van der Waals surface area contributed by atoms with E-state index in [1.165, 1.54) is 19.1 Å². The van der Waals surface area contributed by atoms with E-state index in [0.717, 1.165) is 44.9 Å². The van der Waals surface area contributed by atoms with Crippen molar-refractivity contribution in [1.29, 1.82) is 0 Å². The lowest BCUT2D eigenvalue weighted by Gasteiger charge is -2.28. The monoisotopic (exact) mass is 332 g/mol. The summed E-state index contributed by atoms with van der Waals surface area (Å²) >= 11 is 0. The van der Waals surface area contributed by atoms with Crippen LogP contribution in [0.5, 0.6) is 0 Å². The van der Waals surface area contributed by atoms with Crippen molar-refractivity contribution in [2.24, 2.45) is 0 Å². The number of unbranched alkanes of at least 4 members (excludes halogenated alkanes) is 2. The van der Waals surface area contributed by atoms with Crippen LogP contribution in [0.15, 0.2) is 0 Å². The molecule has 0 unspecified atom stereocenters. The molecule has 0 heterocycles. The van der Waals surface area contributed by atoms with Crippen LogP contribution in [0.1, 0.15) is 71.1 Å². The van der Waals surface area contributed by atoms with Crippen molar-refractivity contribution in [2.75, 3.05) is 19.3 Å². The molecule has 0 aromatic heterocycles. The van der Waals surface area contributed by atoms with E-state index >= 15 is 0 Å². The smallest absolute Gasteiger partial charge is 0.221 e. The van der Waals surface area contributed by atoms with Gasteiger partial charge in [0.05, 0.1) is 6.26 Å². The number of sulfonamides is 1. The Bertz CT molecular complexity index is 415. The zero-order valence-corrected chi connectivity index (χ0v) is 15.0. The molecule has 0 saturated heterocycles. The summed E-state index contributed by atoms with van der Waals surface area (Å²) in [5.74, 6) is -0.0432. The molecule has 0 spiro atoms. The maximum Gasteiger partial charge on any atom is 0.221 e. The summed E-state index contributed by atoms with van der Waals surface area (Å²) in [6, 6.07) is 0.0744. The molecule has 22 heavy (non-hydrogen) atoms. The standard InChI is InChI=1S/C16H32N2O3S/c1-3-4-9-13-17-16(19)12-14-18(22(2,20)21)15-10-7-5-6-8-11-15/h15H,3-14H2,1-2H3,(H,17,19). The Morgan fingerprint density at radius 3 is 2.32 bits per heavy atom. The molecular weight excluding hydrogens is 300 g/mol. The molecule has 0 aliphatic heterocycles. The second kappa shape index (κ2) is 10.2. The molecule has 0 atom stereocenters. The fourth-order valence-corrected chi connectivity index (χ4v) is 4.24. The molecule has 1 amide bonds. The van der Waals surface area contributed by atoms with E-state index in [1.54, 1.807) is 4.31 Å². The largest absolute Gasteiger partial charge is 0.356 e. The second-order valence-corrected chi connectivity index (χ2v) is 8.26. The van der Waals surface area contributed by atoms with Crippen LogP contribution in [-0.2, 0) is 14.8 Å². The average molecular weight is 333 g/mol. The number of carbonyl (C=O) groups is 1. The van der Waals surface area contributed by atoms with Gasteiger partial charge in [0.2, 0.25) is 15.9 Å². The van der Waals surface area contributed by atoms with Crippen LogP contribution in [0.2, 0.25) is 0 Å². The molecule has 1 fully saturated rings. The number of carbonyl (C=O) groups excluding carboxylic acids is 1. The lowest BCUT2D eigenvalue weighted by Crippen LogP contribution is -2.41. The highest BCUT2D eigenvalue weighted by Gasteiger charge is 2.27. The first-order chi connectivity index (χ1) is 10.4. The fraction of sp³-hybridized carbons (Fsp3) is 0.938. The predicted octanol–water partition coefficient (Wildman–Crippen LogP) is 2.67. The van der Waals surface area contributed by atoms with Crippen LogP contribution < -0.4 is 5.32 Å². The van der Waals surface area contributed by atoms with E-state index in [4.69, 9.17) is 0 Å². The van der Waals surface area contributed by atoms with E-state index in [-0.39, 0.29) is 18.4 Å². The summed E-state index contributed by atoms with van der Waals surface area (Å²) in [7, 11) is -3.25. The van der Waals surface area contributed by atoms with E-state index in [9.17, 15) is 13.2 Å². The first-order valence-electron chi connectivity index (χ1n) is 8.68. The Morgan fingerprint density at radius 2 is 1.77 bits per heavy atom. The quantitative estimate of drug-likeness (QED) is 0.521. The molecule has 130 valence electrons. The van der Waals surface area contributed by atoms with Crippen LogP contribution >= 0.6 is 0 Å². The topological polar surface area (TPSA) is 66.5 Å². The summed E-state index contributed by atoms with van der Waals surface area (Å²) < 4.78 is 25.7. The summed E-state index contributed by atoms with van der Waals surface area (Å²) in [6.45, 7) is 3.12. The van der Waals surface area contributed by atoms with Crippen LogP contribution in [0.4, 0.5) is 0 Å².